The highest BCUT2D eigenvalue weighted by Crippen LogP contribution is 2.01. The maximum atomic E-state index is 7.48. The SMILES string of the molecule is CSC(=N)N(C)/N=C/c1ccccc1.Cl. The third-order valence-corrected chi connectivity index (χ3v) is 2.32. The normalized spacial score (nSPS) is 9.73. The Morgan fingerprint density at radius 3 is 2.53 bits per heavy atom. The van der Waals surface area contributed by atoms with Gasteiger partial charge in [0.1, 0.15) is 0 Å². The minimum atomic E-state index is 0. The van der Waals surface area contributed by atoms with E-state index in [1.807, 2.05) is 36.6 Å². The molecule has 0 aliphatic heterocycles. The molecule has 0 aliphatic carbocycles. The van der Waals surface area contributed by atoms with Gasteiger partial charge >= 0.3 is 0 Å². The summed E-state index contributed by atoms with van der Waals surface area (Å²) in [6.45, 7) is 0. The Morgan fingerprint density at radius 1 is 1.40 bits per heavy atom. The molecule has 15 heavy (non-hydrogen) atoms. The van der Waals surface area contributed by atoms with Gasteiger partial charge in [0.15, 0.2) is 5.17 Å². The second-order valence-corrected chi connectivity index (χ2v) is 3.48. The van der Waals surface area contributed by atoms with Gasteiger partial charge in [-0.05, 0) is 11.8 Å². The van der Waals surface area contributed by atoms with Crippen LogP contribution in [0.25, 0.3) is 0 Å². The van der Waals surface area contributed by atoms with Gasteiger partial charge < -0.3 is 0 Å². The molecule has 0 unspecified atom stereocenters. The van der Waals surface area contributed by atoms with Gasteiger partial charge in [-0.2, -0.15) is 5.10 Å². The van der Waals surface area contributed by atoms with E-state index in [9.17, 15) is 0 Å². The molecule has 0 bridgehead atoms. The van der Waals surface area contributed by atoms with Crippen molar-refractivity contribution in [3.05, 3.63) is 35.9 Å². The van der Waals surface area contributed by atoms with E-state index in [-0.39, 0.29) is 12.4 Å². The molecule has 0 heterocycles. The first-order valence-electron chi connectivity index (χ1n) is 4.19. The first-order chi connectivity index (χ1) is 6.74. The van der Waals surface area contributed by atoms with Crippen molar-refractivity contribution in [3.8, 4) is 0 Å². The van der Waals surface area contributed by atoms with E-state index >= 15 is 0 Å². The Balaban J connectivity index is 0.00000196. The van der Waals surface area contributed by atoms with Crippen molar-refractivity contribution < 1.29 is 0 Å². The van der Waals surface area contributed by atoms with Crippen LogP contribution in [0, 0.1) is 5.41 Å². The van der Waals surface area contributed by atoms with Gasteiger partial charge in [-0.3, -0.25) is 5.41 Å². The Hall–Kier alpha value is -1.00. The molecular weight excluding hydrogens is 230 g/mol. The third kappa shape index (κ3) is 4.85. The molecule has 82 valence electrons. The van der Waals surface area contributed by atoms with Gasteiger partial charge in [0.05, 0.1) is 6.21 Å². The molecule has 1 N–H and O–H groups in total. The zero-order chi connectivity index (χ0) is 10.4. The van der Waals surface area contributed by atoms with Crippen LogP contribution in [-0.4, -0.2) is 29.7 Å². The van der Waals surface area contributed by atoms with Crippen LogP contribution in [0.5, 0.6) is 0 Å². The summed E-state index contributed by atoms with van der Waals surface area (Å²) in [5.41, 5.74) is 1.04. The van der Waals surface area contributed by atoms with Gasteiger partial charge in [0.25, 0.3) is 0 Å². The van der Waals surface area contributed by atoms with E-state index < -0.39 is 0 Å². The van der Waals surface area contributed by atoms with Crippen molar-refractivity contribution in [1.82, 2.24) is 5.01 Å². The molecule has 0 saturated heterocycles. The summed E-state index contributed by atoms with van der Waals surface area (Å²) in [6.07, 6.45) is 3.60. The zero-order valence-electron chi connectivity index (χ0n) is 8.68. The summed E-state index contributed by atoms with van der Waals surface area (Å²) < 4.78 is 0. The topological polar surface area (TPSA) is 39.5 Å². The molecule has 3 nitrogen and oxygen atoms in total. The Labute approximate surface area is 100 Å². The van der Waals surface area contributed by atoms with Crippen LogP contribution >= 0.6 is 24.2 Å². The first-order valence-corrected chi connectivity index (χ1v) is 5.42. The molecule has 0 saturated carbocycles. The Bertz CT molecular complexity index is 327. The van der Waals surface area contributed by atoms with Crippen molar-refractivity contribution in [2.45, 2.75) is 0 Å². The van der Waals surface area contributed by atoms with Gasteiger partial charge in [-0.15, -0.1) is 12.4 Å². The largest absolute Gasteiger partial charge is 0.277 e. The number of benzene rings is 1. The zero-order valence-corrected chi connectivity index (χ0v) is 10.3. The van der Waals surface area contributed by atoms with Crippen LogP contribution in [0.15, 0.2) is 35.4 Å². The average molecular weight is 244 g/mol. The lowest BCUT2D eigenvalue weighted by atomic mass is 10.2. The van der Waals surface area contributed by atoms with Crippen molar-refractivity contribution in [3.63, 3.8) is 0 Å². The molecule has 1 aromatic rings. The molecule has 0 amide bonds. The quantitative estimate of drug-likeness (QED) is 0.493. The fraction of sp³-hybridized carbons (Fsp3) is 0.200. The second kappa shape index (κ2) is 7.31. The minimum Gasteiger partial charge on any atom is -0.277 e. The van der Waals surface area contributed by atoms with Crippen LogP contribution in [0.1, 0.15) is 5.56 Å². The maximum absolute atomic E-state index is 7.48. The fourth-order valence-electron chi connectivity index (χ4n) is 0.877. The number of hydrogen-bond donors (Lipinski definition) is 1. The van der Waals surface area contributed by atoms with E-state index in [1.165, 1.54) is 16.8 Å². The number of thioether (sulfide) groups is 1. The highest BCUT2D eigenvalue weighted by molar-refractivity contribution is 8.13. The standard InChI is InChI=1S/C10H13N3S.ClH/c1-13(10(11)14-2)12-8-9-6-4-3-5-7-9;/h3-8,11H,1-2H3;1H/b11-10?,12-8+;. The molecule has 0 fully saturated rings. The number of nitrogens with zero attached hydrogens (tertiary/aromatic N) is 2. The van der Waals surface area contributed by atoms with E-state index in [0.717, 1.165) is 5.56 Å². The minimum absolute atomic E-state index is 0. The number of rotatable bonds is 2. The fourth-order valence-corrected chi connectivity index (χ4v) is 1.19. The predicted molar refractivity (Wildman–Crippen MR) is 70.3 cm³/mol. The van der Waals surface area contributed by atoms with Crippen LogP contribution in [0.2, 0.25) is 0 Å². The number of hydrazone groups is 1. The highest BCUT2D eigenvalue weighted by atomic mass is 35.5. The van der Waals surface area contributed by atoms with Gasteiger partial charge in [0, 0.05) is 7.05 Å². The highest BCUT2D eigenvalue weighted by Gasteiger charge is 1.97. The van der Waals surface area contributed by atoms with E-state index in [4.69, 9.17) is 5.41 Å². The van der Waals surface area contributed by atoms with Crippen molar-refractivity contribution in [1.29, 1.82) is 5.41 Å². The van der Waals surface area contributed by atoms with Crippen LogP contribution < -0.4 is 0 Å². The Kier molecular flexibility index (Phi) is 6.83. The smallest absolute Gasteiger partial charge is 0.176 e. The molecule has 0 aromatic heterocycles. The van der Waals surface area contributed by atoms with Gasteiger partial charge in [-0.25, -0.2) is 5.01 Å². The predicted octanol–water partition coefficient (Wildman–Crippen LogP) is 2.67. The summed E-state index contributed by atoms with van der Waals surface area (Å²) in [4.78, 5) is 0. The molecular formula is C10H14ClN3S. The van der Waals surface area contributed by atoms with Crippen molar-refractivity contribution >= 4 is 35.6 Å². The lowest BCUT2D eigenvalue weighted by Gasteiger charge is -2.10. The number of nitrogens with one attached hydrogen (secondary N) is 1. The molecule has 0 aliphatic rings. The van der Waals surface area contributed by atoms with Gasteiger partial charge in [-0.1, -0.05) is 42.1 Å². The van der Waals surface area contributed by atoms with Crippen LogP contribution in [-0.2, 0) is 0 Å². The van der Waals surface area contributed by atoms with E-state index in [2.05, 4.69) is 5.10 Å². The molecule has 1 aromatic carbocycles. The molecule has 1 rings (SSSR count). The van der Waals surface area contributed by atoms with Gasteiger partial charge in [0.2, 0.25) is 0 Å². The van der Waals surface area contributed by atoms with Crippen LogP contribution in [0.3, 0.4) is 0 Å². The summed E-state index contributed by atoms with van der Waals surface area (Å²) in [6, 6.07) is 9.83. The third-order valence-electron chi connectivity index (χ3n) is 1.67. The lowest BCUT2D eigenvalue weighted by molar-refractivity contribution is 0.556. The first kappa shape index (κ1) is 14.0. The number of hydrogen-bond acceptors (Lipinski definition) is 3. The summed E-state index contributed by atoms with van der Waals surface area (Å²) in [5, 5.41) is 13.6. The lowest BCUT2D eigenvalue weighted by Crippen LogP contribution is -2.16. The monoisotopic (exact) mass is 243 g/mol. The summed E-state index contributed by atoms with van der Waals surface area (Å²) >= 11 is 1.36. The van der Waals surface area contributed by atoms with Crippen molar-refractivity contribution in [2.24, 2.45) is 5.10 Å². The molecule has 0 atom stereocenters. The van der Waals surface area contributed by atoms with Crippen LogP contribution in [0.4, 0.5) is 0 Å². The van der Waals surface area contributed by atoms with E-state index in [1.54, 1.807) is 13.3 Å². The average Bonchev–Trinajstić information content (AvgIpc) is 2.26. The summed E-state index contributed by atoms with van der Waals surface area (Å²) in [7, 11) is 1.76. The molecule has 5 heteroatoms. The Morgan fingerprint density at radius 2 is 2.00 bits per heavy atom. The molecule has 0 spiro atoms. The van der Waals surface area contributed by atoms with E-state index in [0.29, 0.717) is 5.17 Å². The van der Waals surface area contributed by atoms with Crippen molar-refractivity contribution in [2.75, 3.05) is 13.3 Å². The maximum Gasteiger partial charge on any atom is 0.176 e. The summed E-state index contributed by atoms with van der Waals surface area (Å²) in [5.74, 6) is 0. The second-order valence-electron chi connectivity index (χ2n) is 2.69. The molecule has 0 radical (unpaired) electrons. The number of halogens is 1. The number of amidine groups is 1.